The van der Waals surface area contributed by atoms with Crippen LogP contribution in [0.3, 0.4) is 0 Å². The van der Waals surface area contributed by atoms with Gasteiger partial charge in [0, 0.05) is 18.4 Å². The molecule has 1 N–H and O–H groups in total. The van der Waals surface area contributed by atoms with Crippen molar-refractivity contribution in [1.82, 2.24) is 0 Å². The van der Waals surface area contributed by atoms with E-state index in [2.05, 4.69) is 20.7 Å². The first kappa shape index (κ1) is 17.6. The van der Waals surface area contributed by atoms with E-state index in [0.29, 0.717) is 18.6 Å². The molecule has 0 aromatic heterocycles. The SMILES string of the molecule is C=C(C)C(=O)OCCC[N+](C)(C)CCCCC(=O)O. The Labute approximate surface area is 115 Å². The molecule has 0 bridgehead atoms. The normalized spacial score (nSPS) is 11.1. The Morgan fingerprint density at radius 3 is 2.26 bits per heavy atom. The first-order chi connectivity index (χ1) is 8.74. The lowest BCUT2D eigenvalue weighted by atomic mass is 10.2. The molecule has 110 valence electrons. The highest BCUT2D eigenvalue weighted by molar-refractivity contribution is 5.86. The van der Waals surface area contributed by atoms with Crippen molar-refractivity contribution >= 4 is 11.9 Å². The van der Waals surface area contributed by atoms with Gasteiger partial charge in [-0.15, -0.1) is 0 Å². The maximum absolute atomic E-state index is 11.2. The van der Waals surface area contributed by atoms with Crippen LogP contribution < -0.4 is 0 Å². The van der Waals surface area contributed by atoms with Crippen molar-refractivity contribution in [2.75, 3.05) is 33.8 Å². The smallest absolute Gasteiger partial charge is 0.333 e. The predicted octanol–water partition coefficient (Wildman–Crippen LogP) is 1.83. The van der Waals surface area contributed by atoms with E-state index in [4.69, 9.17) is 9.84 Å². The van der Waals surface area contributed by atoms with Gasteiger partial charge in [0.1, 0.15) is 0 Å². The van der Waals surface area contributed by atoms with E-state index in [1.165, 1.54) is 0 Å². The third-order valence-corrected chi connectivity index (χ3v) is 2.89. The molecule has 0 saturated heterocycles. The van der Waals surface area contributed by atoms with Gasteiger partial charge in [-0.3, -0.25) is 4.79 Å². The van der Waals surface area contributed by atoms with E-state index >= 15 is 0 Å². The lowest BCUT2D eigenvalue weighted by Gasteiger charge is -2.29. The quantitative estimate of drug-likeness (QED) is 0.285. The van der Waals surface area contributed by atoms with Crippen molar-refractivity contribution in [3.63, 3.8) is 0 Å². The molecule has 0 saturated carbocycles. The molecule has 0 aliphatic rings. The Balaban J connectivity index is 3.69. The molecule has 0 unspecified atom stereocenters. The van der Waals surface area contributed by atoms with E-state index in [1.807, 2.05) is 0 Å². The van der Waals surface area contributed by atoms with E-state index in [9.17, 15) is 9.59 Å². The number of nitrogens with zero attached hydrogens (tertiary/aromatic N) is 1. The minimum Gasteiger partial charge on any atom is -0.481 e. The van der Waals surface area contributed by atoms with E-state index in [0.717, 1.165) is 30.4 Å². The maximum Gasteiger partial charge on any atom is 0.333 e. The molecule has 0 aromatic carbocycles. The number of carbonyl (C=O) groups is 2. The number of esters is 1. The second-order valence-electron chi connectivity index (χ2n) is 5.50. The summed E-state index contributed by atoms with van der Waals surface area (Å²) in [4.78, 5) is 21.6. The molecule has 0 atom stereocenters. The number of hydrogen-bond donors (Lipinski definition) is 1. The van der Waals surface area contributed by atoms with Crippen molar-refractivity contribution in [3.8, 4) is 0 Å². The van der Waals surface area contributed by atoms with Crippen LogP contribution in [0.1, 0.15) is 32.6 Å². The van der Waals surface area contributed by atoms with Crippen LogP contribution >= 0.6 is 0 Å². The summed E-state index contributed by atoms with van der Waals surface area (Å²) in [7, 11) is 4.20. The molecule has 0 fully saturated rings. The van der Waals surface area contributed by atoms with Gasteiger partial charge in [-0.2, -0.15) is 0 Å². The van der Waals surface area contributed by atoms with Crippen molar-refractivity contribution in [1.29, 1.82) is 0 Å². The summed E-state index contributed by atoms with van der Waals surface area (Å²) in [6.07, 6.45) is 2.63. The zero-order valence-electron chi connectivity index (χ0n) is 12.3. The third-order valence-electron chi connectivity index (χ3n) is 2.89. The molecule has 0 spiro atoms. The average molecular weight is 272 g/mol. The number of carboxylic acid groups (broad SMARTS) is 1. The lowest BCUT2D eigenvalue weighted by Crippen LogP contribution is -2.41. The molecule has 0 aromatic rings. The standard InChI is InChI=1S/C14H25NO4/c1-12(2)14(18)19-11-7-10-15(3,4)9-6-5-8-13(16)17/h1,5-11H2,2-4H3/p+1. The average Bonchev–Trinajstić information content (AvgIpc) is 2.29. The van der Waals surface area contributed by atoms with E-state index in [1.54, 1.807) is 6.92 Å². The van der Waals surface area contributed by atoms with Gasteiger partial charge in [-0.25, -0.2) is 4.79 Å². The van der Waals surface area contributed by atoms with Crippen LogP contribution in [-0.2, 0) is 14.3 Å². The van der Waals surface area contributed by atoms with Crippen LogP contribution in [0.15, 0.2) is 12.2 Å². The highest BCUT2D eigenvalue weighted by Crippen LogP contribution is 2.05. The molecule has 0 rings (SSSR count). The zero-order chi connectivity index (χ0) is 14.9. The number of carboxylic acids is 1. The molecule has 0 amide bonds. The molecule has 19 heavy (non-hydrogen) atoms. The van der Waals surface area contributed by atoms with Crippen molar-refractivity contribution in [2.45, 2.75) is 32.6 Å². The lowest BCUT2D eigenvalue weighted by molar-refractivity contribution is -0.890. The Hall–Kier alpha value is -1.36. The largest absolute Gasteiger partial charge is 0.481 e. The van der Waals surface area contributed by atoms with Crippen molar-refractivity contribution in [2.24, 2.45) is 0 Å². The fourth-order valence-corrected chi connectivity index (χ4v) is 1.71. The molecule has 0 heterocycles. The number of aliphatic carboxylic acids is 1. The van der Waals surface area contributed by atoms with Crippen LogP contribution in [0.25, 0.3) is 0 Å². The third kappa shape index (κ3) is 10.3. The van der Waals surface area contributed by atoms with Gasteiger partial charge in [0.05, 0.1) is 33.8 Å². The Morgan fingerprint density at radius 2 is 1.74 bits per heavy atom. The number of hydrogen-bond acceptors (Lipinski definition) is 3. The second-order valence-corrected chi connectivity index (χ2v) is 5.50. The summed E-state index contributed by atoms with van der Waals surface area (Å²) in [6.45, 7) is 7.39. The van der Waals surface area contributed by atoms with Crippen LogP contribution in [0.2, 0.25) is 0 Å². The monoisotopic (exact) mass is 272 g/mol. The number of ether oxygens (including phenoxy) is 1. The summed E-state index contributed by atoms with van der Waals surface area (Å²) in [5, 5.41) is 8.55. The van der Waals surface area contributed by atoms with Crippen LogP contribution in [0, 0.1) is 0 Å². The minimum atomic E-state index is -0.739. The van der Waals surface area contributed by atoms with E-state index in [-0.39, 0.29) is 12.4 Å². The number of carbonyl (C=O) groups excluding carboxylic acids is 1. The van der Waals surface area contributed by atoms with Crippen LogP contribution in [0.4, 0.5) is 0 Å². The number of quaternary nitrogens is 1. The fraction of sp³-hybridized carbons (Fsp3) is 0.714. The van der Waals surface area contributed by atoms with Crippen molar-refractivity contribution < 1.29 is 23.9 Å². The van der Waals surface area contributed by atoms with Gasteiger partial charge in [-0.1, -0.05) is 6.58 Å². The molecular formula is C14H26NO4+. The highest BCUT2D eigenvalue weighted by Gasteiger charge is 2.14. The molecule has 0 aliphatic heterocycles. The highest BCUT2D eigenvalue weighted by atomic mass is 16.5. The summed E-state index contributed by atoms with van der Waals surface area (Å²) in [5.41, 5.74) is 0.419. The number of rotatable bonds is 10. The Bertz CT molecular complexity index is 323. The molecule has 0 radical (unpaired) electrons. The topological polar surface area (TPSA) is 63.6 Å². The van der Waals surface area contributed by atoms with Gasteiger partial charge in [0.15, 0.2) is 0 Å². The first-order valence-corrected chi connectivity index (χ1v) is 6.61. The zero-order valence-corrected chi connectivity index (χ0v) is 12.3. The summed E-state index contributed by atoms with van der Waals surface area (Å²) in [5.74, 6) is -1.08. The van der Waals surface area contributed by atoms with Gasteiger partial charge in [0.25, 0.3) is 0 Å². The summed E-state index contributed by atoms with van der Waals surface area (Å²) in [6, 6.07) is 0. The first-order valence-electron chi connectivity index (χ1n) is 6.61. The summed E-state index contributed by atoms with van der Waals surface area (Å²) < 4.78 is 5.84. The maximum atomic E-state index is 11.2. The molecular weight excluding hydrogens is 246 g/mol. The molecule has 5 nitrogen and oxygen atoms in total. The Kier molecular flexibility index (Phi) is 8.07. The van der Waals surface area contributed by atoms with Crippen LogP contribution in [-0.4, -0.2) is 55.3 Å². The van der Waals surface area contributed by atoms with Gasteiger partial charge < -0.3 is 14.3 Å². The Morgan fingerprint density at radius 1 is 1.16 bits per heavy atom. The summed E-state index contributed by atoms with van der Waals surface area (Å²) >= 11 is 0. The molecule has 0 aliphatic carbocycles. The fourth-order valence-electron chi connectivity index (χ4n) is 1.71. The van der Waals surface area contributed by atoms with Gasteiger partial charge in [0.2, 0.25) is 0 Å². The predicted molar refractivity (Wildman–Crippen MR) is 73.7 cm³/mol. The van der Waals surface area contributed by atoms with E-state index < -0.39 is 5.97 Å². The molecule has 5 heteroatoms. The second kappa shape index (κ2) is 8.69. The van der Waals surface area contributed by atoms with Crippen LogP contribution in [0.5, 0.6) is 0 Å². The van der Waals surface area contributed by atoms with Gasteiger partial charge >= 0.3 is 11.9 Å². The number of unbranched alkanes of at least 4 members (excludes halogenated alkanes) is 1. The van der Waals surface area contributed by atoms with Gasteiger partial charge in [-0.05, 0) is 19.8 Å². The minimum absolute atomic E-state index is 0.232. The van der Waals surface area contributed by atoms with Crippen molar-refractivity contribution in [3.05, 3.63) is 12.2 Å².